The van der Waals surface area contributed by atoms with Gasteiger partial charge in [0, 0.05) is 18.2 Å². The van der Waals surface area contributed by atoms with Crippen LogP contribution in [0.15, 0.2) is 28.7 Å². The molecule has 0 bridgehead atoms. The lowest BCUT2D eigenvalue weighted by Crippen LogP contribution is -2.18. The van der Waals surface area contributed by atoms with E-state index in [0.29, 0.717) is 10.8 Å². The minimum atomic E-state index is 0.230. The third-order valence-electron chi connectivity index (χ3n) is 3.37. The van der Waals surface area contributed by atoms with Gasteiger partial charge < -0.3 is 14.5 Å². The molecule has 2 rings (SSSR count). The van der Waals surface area contributed by atoms with Crippen molar-refractivity contribution in [2.75, 3.05) is 7.11 Å². The Morgan fingerprint density at radius 1 is 1.30 bits per heavy atom. The Kier molecular flexibility index (Phi) is 4.73. The summed E-state index contributed by atoms with van der Waals surface area (Å²) < 4.78 is 10.7. The summed E-state index contributed by atoms with van der Waals surface area (Å²) in [5, 5.41) is 4.11. The average molecular weight is 294 g/mol. The van der Waals surface area contributed by atoms with E-state index in [9.17, 15) is 0 Å². The second-order valence-corrected chi connectivity index (χ2v) is 5.35. The Balaban J connectivity index is 2.01. The van der Waals surface area contributed by atoms with Gasteiger partial charge in [-0.15, -0.1) is 0 Å². The van der Waals surface area contributed by atoms with Crippen LogP contribution in [0.25, 0.3) is 0 Å². The van der Waals surface area contributed by atoms with E-state index in [4.69, 9.17) is 20.8 Å². The van der Waals surface area contributed by atoms with Gasteiger partial charge in [0.1, 0.15) is 17.3 Å². The zero-order valence-electron chi connectivity index (χ0n) is 12.3. The van der Waals surface area contributed by atoms with Crippen molar-refractivity contribution in [3.8, 4) is 5.75 Å². The number of rotatable bonds is 5. The van der Waals surface area contributed by atoms with E-state index in [1.165, 1.54) is 5.56 Å². The van der Waals surface area contributed by atoms with E-state index < -0.39 is 0 Å². The molecule has 2 aromatic rings. The van der Waals surface area contributed by atoms with Gasteiger partial charge in [-0.05, 0) is 44.5 Å². The summed E-state index contributed by atoms with van der Waals surface area (Å²) in [7, 11) is 1.62. The molecule has 0 saturated carbocycles. The first kappa shape index (κ1) is 14.9. The van der Waals surface area contributed by atoms with Crippen LogP contribution in [0.1, 0.15) is 35.6 Å². The third-order valence-corrected chi connectivity index (χ3v) is 3.67. The lowest BCUT2D eigenvalue weighted by Gasteiger charge is -2.14. The van der Waals surface area contributed by atoms with Gasteiger partial charge in [0.25, 0.3) is 0 Å². The summed E-state index contributed by atoms with van der Waals surface area (Å²) in [6, 6.07) is 8.13. The van der Waals surface area contributed by atoms with Crippen LogP contribution < -0.4 is 10.1 Å². The molecule has 1 aromatic heterocycles. The predicted molar refractivity (Wildman–Crippen MR) is 81.4 cm³/mol. The van der Waals surface area contributed by atoms with Gasteiger partial charge in [-0.1, -0.05) is 17.7 Å². The molecule has 20 heavy (non-hydrogen) atoms. The van der Waals surface area contributed by atoms with E-state index in [1.807, 2.05) is 32.0 Å². The predicted octanol–water partition coefficient (Wildman–Crippen LogP) is 4.41. The van der Waals surface area contributed by atoms with Crippen LogP contribution in [0.3, 0.4) is 0 Å². The van der Waals surface area contributed by atoms with Crippen LogP contribution in [0.4, 0.5) is 0 Å². The Morgan fingerprint density at radius 3 is 2.60 bits per heavy atom. The lowest BCUT2D eigenvalue weighted by molar-refractivity contribution is 0.414. The zero-order valence-corrected chi connectivity index (χ0v) is 13.0. The fraction of sp³-hybridized carbons (Fsp3) is 0.375. The number of hydrogen-bond acceptors (Lipinski definition) is 3. The average Bonchev–Trinajstić information content (AvgIpc) is 2.75. The highest BCUT2D eigenvalue weighted by atomic mass is 35.5. The number of aryl methyl sites for hydroxylation is 2. The molecule has 0 spiro atoms. The van der Waals surface area contributed by atoms with Crippen LogP contribution in [0.5, 0.6) is 5.75 Å². The molecule has 0 fully saturated rings. The molecule has 1 unspecified atom stereocenters. The molecule has 3 nitrogen and oxygen atoms in total. The van der Waals surface area contributed by atoms with Crippen molar-refractivity contribution in [1.29, 1.82) is 0 Å². The standard InChI is InChI=1S/C16H20ClNO2/c1-10-7-14(12(3)20-10)11(2)18-9-13-5-6-16(19-4)15(17)8-13/h5-8,11,18H,9H2,1-4H3. The molecule has 1 aromatic carbocycles. The van der Waals surface area contributed by atoms with E-state index in [0.717, 1.165) is 23.6 Å². The lowest BCUT2D eigenvalue weighted by atomic mass is 10.1. The summed E-state index contributed by atoms with van der Waals surface area (Å²) in [5.74, 6) is 2.61. The Morgan fingerprint density at radius 2 is 2.05 bits per heavy atom. The van der Waals surface area contributed by atoms with Crippen molar-refractivity contribution >= 4 is 11.6 Å². The highest BCUT2D eigenvalue weighted by Gasteiger charge is 2.12. The van der Waals surface area contributed by atoms with E-state index in [-0.39, 0.29) is 6.04 Å². The van der Waals surface area contributed by atoms with Crippen LogP contribution in [-0.2, 0) is 6.54 Å². The SMILES string of the molecule is COc1ccc(CNC(C)c2cc(C)oc2C)cc1Cl. The molecule has 0 aliphatic rings. The first-order valence-electron chi connectivity index (χ1n) is 6.64. The minimum Gasteiger partial charge on any atom is -0.495 e. The Labute approximate surface area is 124 Å². The molecule has 1 heterocycles. The maximum absolute atomic E-state index is 6.12. The highest BCUT2D eigenvalue weighted by molar-refractivity contribution is 6.32. The normalized spacial score (nSPS) is 12.4. The first-order chi connectivity index (χ1) is 9.51. The summed E-state index contributed by atoms with van der Waals surface area (Å²) in [4.78, 5) is 0. The Hall–Kier alpha value is -1.45. The summed E-state index contributed by atoms with van der Waals surface area (Å²) in [6.07, 6.45) is 0. The van der Waals surface area contributed by atoms with Gasteiger partial charge in [0.05, 0.1) is 12.1 Å². The molecule has 0 amide bonds. The summed E-state index contributed by atoms with van der Waals surface area (Å²) >= 11 is 6.12. The van der Waals surface area contributed by atoms with Crippen molar-refractivity contribution in [3.63, 3.8) is 0 Å². The second-order valence-electron chi connectivity index (χ2n) is 4.94. The van der Waals surface area contributed by atoms with Gasteiger partial charge in [-0.25, -0.2) is 0 Å². The summed E-state index contributed by atoms with van der Waals surface area (Å²) in [5.41, 5.74) is 2.32. The van der Waals surface area contributed by atoms with E-state index in [2.05, 4.69) is 18.3 Å². The number of halogens is 1. The van der Waals surface area contributed by atoms with Crippen LogP contribution in [0, 0.1) is 13.8 Å². The molecule has 1 atom stereocenters. The van der Waals surface area contributed by atoms with Crippen LogP contribution in [0.2, 0.25) is 5.02 Å². The maximum atomic E-state index is 6.12. The number of hydrogen-bond donors (Lipinski definition) is 1. The van der Waals surface area contributed by atoms with Crippen molar-refractivity contribution in [2.45, 2.75) is 33.4 Å². The van der Waals surface area contributed by atoms with Crippen molar-refractivity contribution in [3.05, 3.63) is 51.9 Å². The number of ether oxygens (including phenoxy) is 1. The topological polar surface area (TPSA) is 34.4 Å². The minimum absolute atomic E-state index is 0.230. The maximum Gasteiger partial charge on any atom is 0.137 e. The molecule has 0 radical (unpaired) electrons. The number of nitrogens with one attached hydrogen (secondary N) is 1. The van der Waals surface area contributed by atoms with Crippen LogP contribution >= 0.6 is 11.6 Å². The molecule has 0 aliphatic heterocycles. The molecule has 4 heteroatoms. The molecule has 1 N–H and O–H groups in total. The fourth-order valence-corrected chi connectivity index (χ4v) is 2.56. The van der Waals surface area contributed by atoms with Gasteiger partial charge in [-0.3, -0.25) is 0 Å². The first-order valence-corrected chi connectivity index (χ1v) is 7.01. The van der Waals surface area contributed by atoms with Gasteiger partial charge >= 0.3 is 0 Å². The molecular weight excluding hydrogens is 274 g/mol. The van der Waals surface area contributed by atoms with Crippen molar-refractivity contribution < 1.29 is 9.15 Å². The van der Waals surface area contributed by atoms with Crippen LogP contribution in [-0.4, -0.2) is 7.11 Å². The zero-order chi connectivity index (χ0) is 14.7. The number of benzene rings is 1. The fourth-order valence-electron chi connectivity index (χ4n) is 2.28. The highest BCUT2D eigenvalue weighted by Crippen LogP contribution is 2.26. The third kappa shape index (κ3) is 3.35. The quantitative estimate of drug-likeness (QED) is 0.887. The molecule has 0 aliphatic carbocycles. The van der Waals surface area contributed by atoms with E-state index >= 15 is 0 Å². The monoisotopic (exact) mass is 293 g/mol. The molecule has 108 valence electrons. The Bertz CT molecular complexity index is 592. The second kappa shape index (κ2) is 6.33. The number of furan rings is 1. The van der Waals surface area contributed by atoms with Gasteiger partial charge in [0.2, 0.25) is 0 Å². The van der Waals surface area contributed by atoms with E-state index in [1.54, 1.807) is 7.11 Å². The van der Waals surface area contributed by atoms with Crippen molar-refractivity contribution in [2.24, 2.45) is 0 Å². The smallest absolute Gasteiger partial charge is 0.137 e. The number of methoxy groups -OCH3 is 1. The largest absolute Gasteiger partial charge is 0.495 e. The van der Waals surface area contributed by atoms with Gasteiger partial charge in [0.15, 0.2) is 0 Å². The summed E-state index contributed by atoms with van der Waals surface area (Å²) in [6.45, 7) is 6.83. The molecule has 0 saturated heterocycles. The van der Waals surface area contributed by atoms with Gasteiger partial charge in [-0.2, -0.15) is 0 Å². The molecular formula is C16H20ClNO2. The van der Waals surface area contributed by atoms with Crippen molar-refractivity contribution in [1.82, 2.24) is 5.32 Å².